The summed E-state index contributed by atoms with van der Waals surface area (Å²) in [5, 5.41) is 0. The first-order valence-corrected chi connectivity index (χ1v) is 7.71. The Balaban J connectivity index is 1.86. The number of hydrogen-bond acceptors (Lipinski definition) is 2. The average molecular weight is 276 g/mol. The van der Waals surface area contributed by atoms with E-state index >= 15 is 0 Å². The molecule has 1 saturated carbocycles. The van der Waals surface area contributed by atoms with Gasteiger partial charge in [-0.25, -0.2) is 0 Å². The zero-order chi connectivity index (χ0) is 14.4. The molecular weight excluding hydrogens is 260 g/mol. The van der Waals surface area contributed by atoms with Gasteiger partial charge in [-0.05, 0) is 18.9 Å². The first-order chi connectivity index (χ1) is 10.2. The van der Waals surface area contributed by atoms with E-state index in [0.717, 1.165) is 37.7 Å². The van der Waals surface area contributed by atoms with Gasteiger partial charge in [-0.3, -0.25) is 9.59 Å². The van der Waals surface area contributed by atoms with Crippen LogP contribution < -0.4 is 0 Å². The SMILES string of the molecule is O=C1[C@H]2C3=C[C@@H]1[C@@H]1C(=O)C=C[C@]21C#CCCCCCC#C3. The first kappa shape index (κ1) is 12.7. The van der Waals surface area contributed by atoms with Gasteiger partial charge in [-0.15, -0.1) is 5.92 Å². The van der Waals surface area contributed by atoms with Gasteiger partial charge in [0.15, 0.2) is 11.6 Å². The van der Waals surface area contributed by atoms with Crippen molar-refractivity contribution in [3.8, 4) is 23.7 Å². The molecule has 0 amide bonds. The van der Waals surface area contributed by atoms with Gasteiger partial charge in [-0.2, -0.15) is 0 Å². The Kier molecular flexibility index (Phi) is 2.69. The lowest BCUT2D eigenvalue weighted by molar-refractivity contribution is -0.124. The van der Waals surface area contributed by atoms with Crippen molar-refractivity contribution < 1.29 is 9.59 Å². The molecule has 1 spiro atoms. The van der Waals surface area contributed by atoms with Gasteiger partial charge < -0.3 is 0 Å². The maximum absolute atomic E-state index is 12.6. The van der Waals surface area contributed by atoms with Crippen molar-refractivity contribution in [3.05, 3.63) is 23.8 Å². The lowest BCUT2D eigenvalue weighted by Crippen LogP contribution is -2.33. The van der Waals surface area contributed by atoms with Crippen LogP contribution in [0.1, 0.15) is 32.1 Å². The molecule has 0 unspecified atom stereocenters. The molecule has 4 rings (SSSR count). The van der Waals surface area contributed by atoms with Gasteiger partial charge in [0.05, 0.1) is 17.3 Å². The van der Waals surface area contributed by atoms with Gasteiger partial charge in [0, 0.05) is 24.3 Å². The fourth-order valence-electron chi connectivity index (χ4n) is 4.17. The topological polar surface area (TPSA) is 34.1 Å². The monoisotopic (exact) mass is 276 g/mol. The average Bonchev–Trinajstić information content (AvgIpc) is 3.03. The summed E-state index contributed by atoms with van der Waals surface area (Å²) < 4.78 is 0. The molecule has 4 atom stereocenters. The van der Waals surface area contributed by atoms with Crippen LogP contribution in [0.2, 0.25) is 0 Å². The lowest BCUT2D eigenvalue weighted by Gasteiger charge is -2.30. The Morgan fingerprint density at radius 2 is 1.90 bits per heavy atom. The van der Waals surface area contributed by atoms with Gasteiger partial charge in [-0.1, -0.05) is 36.3 Å². The summed E-state index contributed by atoms with van der Waals surface area (Å²) in [5.74, 6) is 12.2. The smallest absolute Gasteiger partial charge is 0.161 e. The third-order valence-corrected chi connectivity index (χ3v) is 5.11. The van der Waals surface area contributed by atoms with E-state index in [-0.39, 0.29) is 29.3 Å². The summed E-state index contributed by atoms with van der Waals surface area (Å²) in [6.07, 6.45) is 10.5. The Labute approximate surface area is 124 Å². The zero-order valence-electron chi connectivity index (χ0n) is 11.8. The summed E-state index contributed by atoms with van der Waals surface area (Å²) in [5.41, 5.74) is 0.298. The summed E-state index contributed by atoms with van der Waals surface area (Å²) in [7, 11) is 0. The number of hydrogen-bond donors (Lipinski definition) is 0. The highest BCUT2D eigenvalue weighted by molar-refractivity contribution is 6.08. The van der Waals surface area contributed by atoms with Crippen LogP contribution in [0.25, 0.3) is 0 Å². The number of Topliss-reactive ketones (excluding diaryl/α,β-unsaturated/α-hetero) is 1. The summed E-state index contributed by atoms with van der Waals surface area (Å²) >= 11 is 0. The molecule has 0 N–H and O–H groups in total. The highest BCUT2D eigenvalue weighted by atomic mass is 16.1. The molecule has 0 aromatic heterocycles. The Bertz CT molecular complexity index is 716. The van der Waals surface area contributed by atoms with E-state index in [1.807, 2.05) is 12.2 Å². The molecule has 2 heteroatoms. The quantitative estimate of drug-likeness (QED) is 0.637. The fourth-order valence-corrected chi connectivity index (χ4v) is 4.17. The zero-order valence-corrected chi connectivity index (χ0v) is 11.8. The van der Waals surface area contributed by atoms with Crippen LogP contribution in [0, 0.1) is 46.9 Å². The van der Waals surface area contributed by atoms with E-state index in [1.165, 1.54) is 0 Å². The first-order valence-electron chi connectivity index (χ1n) is 7.71. The molecular formula is C19H16O2. The summed E-state index contributed by atoms with van der Waals surface area (Å²) in [4.78, 5) is 24.8. The molecule has 0 saturated heterocycles. The molecule has 1 fully saturated rings. The van der Waals surface area contributed by atoms with Gasteiger partial charge >= 0.3 is 0 Å². The summed E-state index contributed by atoms with van der Waals surface area (Å²) in [6, 6.07) is 0. The molecule has 0 heterocycles. The molecule has 0 radical (unpaired) electrons. The number of carbonyl (C=O) groups excluding carboxylic acids is 2. The van der Waals surface area contributed by atoms with Crippen LogP contribution in [-0.2, 0) is 9.59 Å². The van der Waals surface area contributed by atoms with Crippen molar-refractivity contribution in [3.63, 3.8) is 0 Å². The Hall–Kier alpha value is -2.06. The van der Waals surface area contributed by atoms with Crippen LogP contribution >= 0.6 is 0 Å². The van der Waals surface area contributed by atoms with E-state index in [2.05, 4.69) is 23.7 Å². The fraction of sp³-hybridized carbons (Fsp3) is 0.474. The van der Waals surface area contributed by atoms with Crippen molar-refractivity contribution in [2.24, 2.45) is 23.2 Å². The number of allylic oxidation sites excluding steroid dienone is 4. The van der Waals surface area contributed by atoms with Crippen LogP contribution in [0.15, 0.2) is 23.8 Å². The Morgan fingerprint density at radius 3 is 2.76 bits per heavy atom. The van der Waals surface area contributed by atoms with Crippen molar-refractivity contribution in [2.75, 3.05) is 0 Å². The molecule has 0 aromatic rings. The number of ketones is 2. The van der Waals surface area contributed by atoms with Crippen LogP contribution in [0.4, 0.5) is 0 Å². The standard InChI is InChI=1S/C19H16O2/c20-15-9-11-19-10-7-5-3-1-2-4-6-8-13-12-14(17(15)19)18(21)16(13)19/h9,11-12,14,16-17H,1-5H2/t14-,16-,17-,19-/m1/s1. The second kappa shape index (κ2) is 4.47. The second-order valence-electron chi connectivity index (χ2n) is 6.29. The van der Waals surface area contributed by atoms with E-state index in [4.69, 9.17) is 0 Å². The van der Waals surface area contributed by atoms with Crippen LogP contribution in [-0.4, -0.2) is 11.6 Å². The Morgan fingerprint density at radius 1 is 1.10 bits per heavy atom. The molecule has 0 aliphatic heterocycles. The highest BCUT2D eigenvalue weighted by Gasteiger charge is 2.66. The maximum atomic E-state index is 12.6. The molecule has 2 bridgehead atoms. The number of fused-ring (bicyclic) bond motifs is 2. The van der Waals surface area contributed by atoms with Crippen LogP contribution in [0.3, 0.4) is 0 Å². The van der Waals surface area contributed by atoms with Gasteiger partial charge in [0.1, 0.15) is 0 Å². The van der Waals surface area contributed by atoms with Crippen molar-refractivity contribution >= 4 is 11.6 Å². The third-order valence-electron chi connectivity index (χ3n) is 5.11. The third kappa shape index (κ3) is 1.63. The predicted octanol–water partition coefficient (Wildman–Crippen LogP) is 2.45. The van der Waals surface area contributed by atoms with E-state index in [9.17, 15) is 9.59 Å². The molecule has 21 heavy (non-hydrogen) atoms. The molecule has 4 aliphatic rings. The number of carbonyl (C=O) groups is 2. The lowest BCUT2D eigenvalue weighted by atomic mass is 9.68. The number of rotatable bonds is 0. The molecule has 4 aliphatic carbocycles. The maximum Gasteiger partial charge on any atom is 0.161 e. The molecule has 2 nitrogen and oxygen atoms in total. The van der Waals surface area contributed by atoms with Crippen molar-refractivity contribution in [1.82, 2.24) is 0 Å². The summed E-state index contributed by atoms with van der Waals surface area (Å²) in [6.45, 7) is 0. The van der Waals surface area contributed by atoms with E-state index < -0.39 is 5.41 Å². The van der Waals surface area contributed by atoms with Gasteiger partial charge in [0.2, 0.25) is 0 Å². The predicted molar refractivity (Wildman–Crippen MR) is 78.8 cm³/mol. The molecule has 0 aromatic carbocycles. The van der Waals surface area contributed by atoms with E-state index in [1.54, 1.807) is 6.08 Å². The normalized spacial score (nSPS) is 39.4. The van der Waals surface area contributed by atoms with E-state index in [0.29, 0.717) is 0 Å². The second-order valence-corrected chi connectivity index (χ2v) is 6.29. The minimum Gasteiger partial charge on any atom is -0.298 e. The minimum absolute atomic E-state index is 0.0560. The highest BCUT2D eigenvalue weighted by Crippen LogP contribution is 2.60. The van der Waals surface area contributed by atoms with Crippen molar-refractivity contribution in [1.29, 1.82) is 0 Å². The van der Waals surface area contributed by atoms with Crippen LogP contribution in [0.5, 0.6) is 0 Å². The molecule has 104 valence electrons. The van der Waals surface area contributed by atoms with Crippen molar-refractivity contribution in [2.45, 2.75) is 32.1 Å². The van der Waals surface area contributed by atoms with Gasteiger partial charge in [0.25, 0.3) is 0 Å². The largest absolute Gasteiger partial charge is 0.298 e. The minimum atomic E-state index is -0.600.